The van der Waals surface area contributed by atoms with Crippen molar-refractivity contribution in [3.05, 3.63) is 11.1 Å². The summed E-state index contributed by atoms with van der Waals surface area (Å²) in [6, 6.07) is 0. The molecule has 2 amide bonds. The lowest BCUT2D eigenvalue weighted by Gasteiger charge is -2.18. The SMILES string of the molecule is CC(C)c1csc(NC(=O)C2=NN(C)C(=O)CC2)n1. The molecule has 0 fully saturated rings. The van der Waals surface area contributed by atoms with E-state index in [1.54, 1.807) is 7.05 Å². The Morgan fingerprint density at radius 3 is 2.79 bits per heavy atom. The minimum atomic E-state index is -0.288. The summed E-state index contributed by atoms with van der Waals surface area (Å²) in [4.78, 5) is 27.6. The van der Waals surface area contributed by atoms with Crippen LogP contribution in [0.3, 0.4) is 0 Å². The van der Waals surface area contributed by atoms with Gasteiger partial charge in [0.05, 0.1) is 5.69 Å². The number of hydrogen-bond donors (Lipinski definition) is 1. The van der Waals surface area contributed by atoms with Gasteiger partial charge in [-0.05, 0) is 5.92 Å². The first kappa shape index (κ1) is 13.7. The molecule has 6 nitrogen and oxygen atoms in total. The topological polar surface area (TPSA) is 74.7 Å². The summed E-state index contributed by atoms with van der Waals surface area (Å²) < 4.78 is 0. The van der Waals surface area contributed by atoms with Crippen molar-refractivity contribution in [2.75, 3.05) is 12.4 Å². The maximum Gasteiger partial charge on any atom is 0.273 e. The maximum absolute atomic E-state index is 12.0. The zero-order chi connectivity index (χ0) is 14.0. The fourth-order valence-electron chi connectivity index (χ4n) is 1.61. The molecule has 0 aliphatic carbocycles. The third kappa shape index (κ3) is 3.17. The van der Waals surface area contributed by atoms with E-state index in [1.165, 1.54) is 16.3 Å². The van der Waals surface area contributed by atoms with Gasteiger partial charge >= 0.3 is 0 Å². The normalized spacial score (nSPS) is 15.7. The van der Waals surface area contributed by atoms with Crippen LogP contribution in [-0.2, 0) is 9.59 Å². The van der Waals surface area contributed by atoms with Crippen molar-refractivity contribution in [3.8, 4) is 0 Å². The zero-order valence-corrected chi connectivity index (χ0v) is 12.0. The van der Waals surface area contributed by atoms with Gasteiger partial charge in [-0.25, -0.2) is 9.99 Å². The number of carbonyl (C=O) groups excluding carboxylic acids is 2. The van der Waals surface area contributed by atoms with E-state index in [2.05, 4.69) is 15.4 Å². The molecule has 0 atom stereocenters. The lowest BCUT2D eigenvalue weighted by Crippen LogP contribution is -2.34. The van der Waals surface area contributed by atoms with E-state index in [0.29, 0.717) is 29.6 Å². The van der Waals surface area contributed by atoms with Gasteiger partial charge in [-0.1, -0.05) is 13.8 Å². The summed E-state index contributed by atoms with van der Waals surface area (Å²) in [7, 11) is 1.55. The smallest absolute Gasteiger partial charge is 0.273 e. The van der Waals surface area contributed by atoms with E-state index in [0.717, 1.165) is 5.69 Å². The van der Waals surface area contributed by atoms with Gasteiger partial charge in [-0.15, -0.1) is 11.3 Å². The lowest BCUT2D eigenvalue weighted by atomic mass is 10.1. The fourth-order valence-corrected chi connectivity index (χ4v) is 2.48. The third-order valence-electron chi connectivity index (χ3n) is 2.80. The molecule has 1 N–H and O–H groups in total. The Balaban J connectivity index is 2.04. The summed E-state index contributed by atoms with van der Waals surface area (Å²) in [5.74, 6) is -0.0328. The maximum atomic E-state index is 12.0. The van der Waals surface area contributed by atoms with Crippen molar-refractivity contribution in [1.29, 1.82) is 0 Å². The molecule has 102 valence electrons. The fraction of sp³-hybridized carbons (Fsp3) is 0.500. The zero-order valence-electron chi connectivity index (χ0n) is 11.1. The highest BCUT2D eigenvalue weighted by Crippen LogP contribution is 2.21. The quantitative estimate of drug-likeness (QED) is 0.917. The standard InChI is InChI=1S/C12H16N4O2S/c1-7(2)9-6-19-12(13-9)14-11(18)8-4-5-10(17)16(3)15-8/h6-7H,4-5H2,1-3H3,(H,13,14,18). The van der Waals surface area contributed by atoms with Gasteiger partial charge in [0.25, 0.3) is 5.91 Å². The Morgan fingerprint density at radius 2 is 2.21 bits per heavy atom. The van der Waals surface area contributed by atoms with E-state index >= 15 is 0 Å². The molecular weight excluding hydrogens is 264 g/mol. The van der Waals surface area contributed by atoms with Crippen molar-refractivity contribution >= 4 is 34.0 Å². The van der Waals surface area contributed by atoms with Crippen molar-refractivity contribution in [1.82, 2.24) is 9.99 Å². The van der Waals surface area contributed by atoms with E-state index < -0.39 is 0 Å². The van der Waals surface area contributed by atoms with E-state index in [-0.39, 0.29) is 11.8 Å². The number of hydrazone groups is 1. The molecule has 7 heteroatoms. The van der Waals surface area contributed by atoms with Gasteiger partial charge in [0.1, 0.15) is 5.71 Å². The predicted octanol–water partition coefficient (Wildman–Crippen LogP) is 1.81. The second kappa shape index (κ2) is 5.48. The average Bonchev–Trinajstić information content (AvgIpc) is 2.81. The Kier molecular flexibility index (Phi) is 3.94. The average molecular weight is 280 g/mol. The monoisotopic (exact) mass is 280 g/mol. The van der Waals surface area contributed by atoms with Crippen LogP contribution in [-0.4, -0.2) is 34.6 Å². The summed E-state index contributed by atoms with van der Waals surface area (Å²) in [6.07, 6.45) is 0.690. The third-order valence-corrected chi connectivity index (χ3v) is 3.58. The lowest BCUT2D eigenvalue weighted by molar-refractivity contribution is -0.130. The van der Waals surface area contributed by atoms with Crippen LogP contribution in [0.25, 0.3) is 0 Å². The second-order valence-corrected chi connectivity index (χ2v) is 5.51. The molecule has 0 aromatic carbocycles. The first-order valence-corrected chi connectivity index (χ1v) is 6.96. The largest absolute Gasteiger partial charge is 0.297 e. The minimum absolute atomic E-state index is 0.0760. The van der Waals surface area contributed by atoms with Gasteiger partial charge in [0.2, 0.25) is 5.91 Å². The number of nitrogens with one attached hydrogen (secondary N) is 1. The highest BCUT2D eigenvalue weighted by Gasteiger charge is 2.22. The van der Waals surface area contributed by atoms with Crippen LogP contribution < -0.4 is 5.32 Å². The second-order valence-electron chi connectivity index (χ2n) is 4.65. The molecule has 1 aliphatic rings. The number of hydrogen-bond acceptors (Lipinski definition) is 5. The molecule has 1 aliphatic heterocycles. The molecule has 19 heavy (non-hydrogen) atoms. The minimum Gasteiger partial charge on any atom is -0.297 e. The van der Waals surface area contributed by atoms with Gasteiger partial charge in [0, 0.05) is 25.3 Å². The first-order valence-electron chi connectivity index (χ1n) is 6.08. The number of aromatic nitrogens is 1. The highest BCUT2D eigenvalue weighted by molar-refractivity contribution is 7.14. The van der Waals surface area contributed by atoms with Crippen LogP contribution in [0.5, 0.6) is 0 Å². The van der Waals surface area contributed by atoms with E-state index in [1.807, 2.05) is 19.2 Å². The highest BCUT2D eigenvalue weighted by atomic mass is 32.1. The van der Waals surface area contributed by atoms with Crippen LogP contribution >= 0.6 is 11.3 Å². The Hall–Kier alpha value is -1.76. The van der Waals surface area contributed by atoms with Crippen LogP contribution in [0.15, 0.2) is 10.5 Å². The number of rotatable bonds is 3. The molecule has 1 aromatic heterocycles. The van der Waals surface area contributed by atoms with E-state index in [9.17, 15) is 9.59 Å². The van der Waals surface area contributed by atoms with Crippen molar-refractivity contribution in [3.63, 3.8) is 0 Å². The molecule has 0 saturated heterocycles. The molecule has 2 rings (SSSR count). The molecule has 0 radical (unpaired) electrons. The number of nitrogens with zero attached hydrogens (tertiary/aromatic N) is 3. The molecule has 0 unspecified atom stereocenters. The Morgan fingerprint density at radius 1 is 1.47 bits per heavy atom. The number of amides is 2. The summed E-state index contributed by atoms with van der Waals surface area (Å²) in [6.45, 7) is 4.10. The van der Waals surface area contributed by atoms with Gasteiger partial charge in [0.15, 0.2) is 5.13 Å². The number of anilines is 1. The van der Waals surface area contributed by atoms with Crippen molar-refractivity contribution < 1.29 is 9.59 Å². The van der Waals surface area contributed by atoms with Crippen molar-refractivity contribution in [2.24, 2.45) is 5.10 Å². The van der Waals surface area contributed by atoms with Gasteiger partial charge < -0.3 is 0 Å². The summed E-state index contributed by atoms with van der Waals surface area (Å²) in [5.41, 5.74) is 1.32. The molecule has 0 saturated carbocycles. The molecular formula is C12H16N4O2S. The summed E-state index contributed by atoms with van der Waals surface area (Å²) in [5, 5.41) is 10.4. The number of carbonyl (C=O) groups is 2. The van der Waals surface area contributed by atoms with Gasteiger partial charge in [-0.2, -0.15) is 5.10 Å². The molecule has 0 bridgehead atoms. The molecule has 2 heterocycles. The van der Waals surface area contributed by atoms with Crippen LogP contribution in [0.4, 0.5) is 5.13 Å². The van der Waals surface area contributed by atoms with E-state index in [4.69, 9.17) is 0 Å². The van der Waals surface area contributed by atoms with Crippen molar-refractivity contribution in [2.45, 2.75) is 32.6 Å². The molecule has 0 spiro atoms. The van der Waals surface area contributed by atoms with Gasteiger partial charge in [-0.3, -0.25) is 14.9 Å². The molecule has 1 aromatic rings. The first-order chi connectivity index (χ1) is 8.97. The predicted molar refractivity (Wildman–Crippen MR) is 74.3 cm³/mol. The number of thiazole rings is 1. The Labute approximate surface area is 115 Å². The Bertz CT molecular complexity index is 536. The van der Waals surface area contributed by atoms with Crippen LogP contribution in [0, 0.1) is 0 Å². The van der Waals surface area contributed by atoms with Crippen LogP contribution in [0.2, 0.25) is 0 Å². The van der Waals surface area contributed by atoms with Crippen LogP contribution in [0.1, 0.15) is 38.3 Å². The summed E-state index contributed by atoms with van der Waals surface area (Å²) >= 11 is 1.39.